The molecule has 1 N–H and O–H groups in total. The number of benzene rings is 2. The molecule has 2 aliphatic rings. The van der Waals surface area contributed by atoms with Crippen molar-refractivity contribution >= 4 is 36.0 Å². The van der Waals surface area contributed by atoms with E-state index >= 15 is 0 Å². The molecule has 18 heavy (non-hydrogen) atoms. The van der Waals surface area contributed by atoms with Crippen molar-refractivity contribution < 1.29 is 0 Å². The van der Waals surface area contributed by atoms with E-state index in [1.807, 2.05) is 12.1 Å². The van der Waals surface area contributed by atoms with E-state index in [4.69, 9.17) is 0 Å². The Morgan fingerprint density at radius 2 is 2.11 bits per heavy atom. The fourth-order valence-corrected chi connectivity index (χ4v) is 3.31. The van der Waals surface area contributed by atoms with Gasteiger partial charge in [-0.1, -0.05) is 0 Å². The van der Waals surface area contributed by atoms with E-state index in [0.717, 1.165) is 26.5 Å². The summed E-state index contributed by atoms with van der Waals surface area (Å²) < 4.78 is 1.09. The first-order valence-corrected chi connectivity index (χ1v) is 7.85. The van der Waals surface area contributed by atoms with Crippen molar-refractivity contribution in [2.75, 3.05) is 11.8 Å². The molecule has 0 bridgehead atoms. The fourth-order valence-electron chi connectivity index (χ4n) is 1.83. The lowest BCUT2D eigenvalue weighted by molar-refractivity contribution is 1.41. The van der Waals surface area contributed by atoms with Crippen LogP contribution in [0.5, 0.6) is 0 Å². The summed E-state index contributed by atoms with van der Waals surface area (Å²) >= 11 is 1.61. The molecule has 0 fully saturated rings. The molecular weight excluding hydrogens is 263 g/mol. The lowest BCUT2D eigenvalue weighted by Gasteiger charge is -2.07. The maximum absolute atomic E-state index is 11.4. The Bertz CT molecular complexity index is 741. The molecule has 5 heteroatoms. The van der Waals surface area contributed by atoms with Crippen LogP contribution in [0.4, 0.5) is 5.69 Å². The highest BCUT2D eigenvalue weighted by Gasteiger charge is 2.07. The Hall–Kier alpha value is -1.51. The van der Waals surface area contributed by atoms with E-state index in [1.165, 1.54) is 0 Å². The number of rotatable bonds is 2. The largest absolute Gasteiger partial charge is 0.367 e. The van der Waals surface area contributed by atoms with Gasteiger partial charge in [0, 0.05) is 11.8 Å². The second-order valence-electron chi connectivity index (χ2n) is 3.90. The zero-order valence-electron chi connectivity index (χ0n) is 9.73. The Labute approximate surface area is 110 Å². The number of anilines is 1. The number of nitrogens with one attached hydrogen (secondary N) is 1. The van der Waals surface area contributed by atoms with E-state index in [1.54, 1.807) is 29.5 Å². The molecule has 1 heterocycles. The van der Waals surface area contributed by atoms with Gasteiger partial charge in [0.1, 0.15) is 0 Å². The predicted octanol–water partition coefficient (Wildman–Crippen LogP) is 3.40. The molecule has 1 aromatic carbocycles. The first kappa shape index (κ1) is 11.6. The molecule has 0 spiro atoms. The van der Waals surface area contributed by atoms with Crippen molar-refractivity contribution in [1.29, 1.82) is 0 Å². The number of hydrogen-bond donors (Lipinski definition) is 1. The number of fused-ring (bicyclic) bond motifs is 2. The molecule has 1 atom stereocenters. The lowest BCUT2D eigenvalue weighted by Crippen LogP contribution is -1.98. The fraction of sp³-hybridized carbons (Fsp3) is 0.0769. The maximum Gasteiger partial charge on any atom is 0.180 e. The summed E-state index contributed by atoms with van der Waals surface area (Å²) in [5, 5.41) is 3.30. The maximum atomic E-state index is 11.4. The van der Waals surface area contributed by atoms with Gasteiger partial charge in [0.15, 0.2) is 5.43 Å². The van der Waals surface area contributed by atoms with Crippen molar-refractivity contribution in [3.05, 3.63) is 46.6 Å². The minimum absolute atomic E-state index is 0.0317. The second-order valence-corrected chi connectivity index (χ2v) is 5.73. The van der Waals surface area contributed by atoms with Crippen molar-refractivity contribution in [3.8, 4) is 10.6 Å². The summed E-state index contributed by atoms with van der Waals surface area (Å²) in [6.45, 7) is 2.09. The highest BCUT2D eigenvalue weighted by molar-refractivity contribution is 7.38. The van der Waals surface area contributed by atoms with Crippen LogP contribution in [-0.2, 0) is 0 Å². The minimum atomic E-state index is 0.0317. The third kappa shape index (κ3) is 2.09. The van der Waals surface area contributed by atoms with Crippen LogP contribution in [0, 0.1) is 0 Å². The van der Waals surface area contributed by atoms with Crippen LogP contribution in [-0.4, -0.2) is 11.6 Å². The number of nitrogens with zero attached hydrogens (tertiary/aromatic N) is 1. The van der Waals surface area contributed by atoms with Gasteiger partial charge in [-0.05, 0) is 45.7 Å². The van der Waals surface area contributed by atoms with Crippen LogP contribution in [0.25, 0.3) is 20.8 Å². The third-order valence-electron chi connectivity index (χ3n) is 2.62. The molecule has 1 unspecified atom stereocenters. The van der Waals surface area contributed by atoms with Gasteiger partial charge in [0.25, 0.3) is 0 Å². The summed E-state index contributed by atoms with van der Waals surface area (Å²) in [4.78, 5) is 16.9. The normalized spacial score (nSPS) is 11.6. The molecule has 1 aliphatic carbocycles. The average Bonchev–Trinajstić information content (AvgIpc) is 2.36. The Balaban J connectivity index is 2.26. The molecular formula is C13H11N2OPS. The molecule has 0 amide bonds. The molecule has 3 rings (SSSR count). The monoisotopic (exact) mass is 274 g/mol. The van der Waals surface area contributed by atoms with Gasteiger partial charge in [-0.2, -0.15) is 0 Å². The van der Waals surface area contributed by atoms with E-state index in [9.17, 15) is 4.79 Å². The molecule has 0 saturated heterocycles. The van der Waals surface area contributed by atoms with Crippen molar-refractivity contribution in [2.24, 2.45) is 0 Å². The van der Waals surface area contributed by atoms with Crippen LogP contribution >= 0.6 is 20.1 Å². The van der Waals surface area contributed by atoms with E-state index in [0.29, 0.717) is 8.73 Å². The molecule has 0 radical (unpaired) electrons. The van der Waals surface area contributed by atoms with E-state index in [-0.39, 0.29) is 5.43 Å². The zero-order valence-corrected chi connectivity index (χ0v) is 11.5. The molecule has 1 aliphatic heterocycles. The van der Waals surface area contributed by atoms with Gasteiger partial charge >= 0.3 is 0 Å². The molecule has 3 nitrogen and oxygen atoms in total. The third-order valence-corrected chi connectivity index (χ3v) is 4.25. The smallest absolute Gasteiger partial charge is 0.180 e. The quantitative estimate of drug-likeness (QED) is 0.575. The minimum Gasteiger partial charge on any atom is -0.367 e. The average molecular weight is 274 g/mol. The standard InChI is InChI=1S/C13H11N2OPS/c1-17-15-8-2-4-10-12(6-8)18-13-7-9(16)3-5-11(13)14-10/h2-7,15,17H,1H3. The van der Waals surface area contributed by atoms with Gasteiger partial charge in [0.05, 0.1) is 20.8 Å². The highest BCUT2D eigenvalue weighted by atomic mass is 32.1. The molecule has 1 aromatic rings. The Kier molecular flexibility index (Phi) is 2.98. The van der Waals surface area contributed by atoms with E-state index in [2.05, 4.69) is 22.8 Å². The van der Waals surface area contributed by atoms with E-state index < -0.39 is 0 Å². The zero-order chi connectivity index (χ0) is 12.5. The molecule has 90 valence electrons. The predicted molar refractivity (Wildman–Crippen MR) is 80.4 cm³/mol. The van der Waals surface area contributed by atoms with Crippen molar-refractivity contribution in [2.45, 2.75) is 0 Å². The van der Waals surface area contributed by atoms with Crippen LogP contribution in [0.3, 0.4) is 0 Å². The van der Waals surface area contributed by atoms with Gasteiger partial charge in [-0.3, -0.25) is 4.79 Å². The summed E-state index contributed by atoms with van der Waals surface area (Å²) in [5.41, 5.74) is 2.98. The van der Waals surface area contributed by atoms with Crippen LogP contribution < -0.4 is 10.5 Å². The highest BCUT2D eigenvalue weighted by Crippen LogP contribution is 2.31. The topological polar surface area (TPSA) is 42.0 Å². The SMILES string of the molecule is CPNc1ccc2nc3ccc(=O)cc-3sc2c1. The Morgan fingerprint density at radius 3 is 2.94 bits per heavy atom. The first-order chi connectivity index (χ1) is 8.76. The van der Waals surface area contributed by atoms with Crippen molar-refractivity contribution in [3.63, 3.8) is 0 Å². The van der Waals surface area contributed by atoms with Crippen LogP contribution in [0.15, 0.2) is 41.2 Å². The first-order valence-electron chi connectivity index (χ1n) is 5.54. The molecule has 0 saturated carbocycles. The Morgan fingerprint density at radius 1 is 1.22 bits per heavy atom. The summed E-state index contributed by atoms with van der Waals surface area (Å²) in [6.07, 6.45) is 0. The van der Waals surface area contributed by atoms with Gasteiger partial charge in [0.2, 0.25) is 0 Å². The second kappa shape index (κ2) is 4.63. The molecule has 0 aromatic heterocycles. The number of hydrogen-bond acceptors (Lipinski definition) is 4. The summed E-state index contributed by atoms with van der Waals surface area (Å²) in [6, 6.07) is 11.1. The van der Waals surface area contributed by atoms with Gasteiger partial charge in [-0.25, -0.2) is 4.98 Å². The number of aromatic nitrogens is 1. The van der Waals surface area contributed by atoms with Crippen molar-refractivity contribution in [1.82, 2.24) is 4.98 Å². The summed E-state index contributed by atoms with van der Waals surface area (Å²) in [5.74, 6) is 0. The van der Waals surface area contributed by atoms with Crippen LogP contribution in [0.2, 0.25) is 0 Å². The van der Waals surface area contributed by atoms with Crippen LogP contribution in [0.1, 0.15) is 0 Å². The van der Waals surface area contributed by atoms with Gasteiger partial charge in [-0.15, -0.1) is 11.3 Å². The summed E-state index contributed by atoms with van der Waals surface area (Å²) in [7, 11) is 0.670. The van der Waals surface area contributed by atoms with Gasteiger partial charge < -0.3 is 5.09 Å². The lowest BCUT2D eigenvalue weighted by atomic mass is 10.2.